The second-order valence-corrected chi connectivity index (χ2v) is 6.78. The summed E-state index contributed by atoms with van der Waals surface area (Å²) in [7, 11) is 1.72. The summed E-state index contributed by atoms with van der Waals surface area (Å²) in [6, 6.07) is 7.57. The Hall–Kier alpha value is -3.40. The van der Waals surface area contributed by atoms with Crippen LogP contribution in [0.3, 0.4) is 0 Å². The van der Waals surface area contributed by atoms with Crippen molar-refractivity contribution in [3.8, 4) is 5.69 Å². The van der Waals surface area contributed by atoms with Gasteiger partial charge in [-0.25, -0.2) is 9.18 Å². The summed E-state index contributed by atoms with van der Waals surface area (Å²) in [6.45, 7) is 2.22. The Morgan fingerprint density at radius 1 is 1.38 bits per heavy atom. The molecule has 0 saturated carbocycles. The lowest BCUT2D eigenvalue weighted by Gasteiger charge is -2.28. The van der Waals surface area contributed by atoms with Gasteiger partial charge in [0.05, 0.1) is 6.04 Å². The molecule has 2 aromatic heterocycles. The maximum atomic E-state index is 14.2. The van der Waals surface area contributed by atoms with Gasteiger partial charge in [-0.1, -0.05) is 6.07 Å². The number of nitrogens with zero attached hydrogens (tertiary/aromatic N) is 6. The van der Waals surface area contributed by atoms with Gasteiger partial charge >= 0.3 is 6.03 Å². The molecule has 2 amide bonds. The molecule has 0 unspecified atom stereocenters. The van der Waals surface area contributed by atoms with Crippen LogP contribution >= 0.6 is 0 Å². The molecule has 1 aliphatic rings. The Bertz CT molecular complexity index is 1010. The van der Waals surface area contributed by atoms with Crippen LogP contribution in [0.5, 0.6) is 0 Å². The molecule has 1 aliphatic heterocycles. The molecule has 10 heteroatoms. The van der Waals surface area contributed by atoms with E-state index >= 15 is 0 Å². The van der Waals surface area contributed by atoms with E-state index in [-0.39, 0.29) is 23.9 Å². The molecule has 4 rings (SSSR count). The summed E-state index contributed by atoms with van der Waals surface area (Å²) >= 11 is 0. The van der Waals surface area contributed by atoms with Crippen LogP contribution in [0.2, 0.25) is 0 Å². The number of carbonyl (C=O) groups is 1. The molecule has 29 heavy (non-hydrogen) atoms. The molecule has 3 aromatic rings. The van der Waals surface area contributed by atoms with E-state index < -0.39 is 5.82 Å². The van der Waals surface area contributed by atoms with Crippen LogP contribution in [0.1, 0.15) is 23.9 Å². The maximum absolute atomic E-state index is 14.2. The number of ether oxygens (including phenoxy) is 1. The number of aryl methyl sites for hydroxylation is 1. The molecular weight excluding hydrogens is 377 g/mol. The topological polar surface area (TPSA) is 98.1 Å². The maximum Gasteiger partial charge on any atom is 0.321 e. The molecule has 9 nitrogen and oxygen atoms in total. The monoisotopic (exact) mass is 397 g/mol. The molecule has 150 valence electrons. The van der Waals surface area contributed by atoms with Gasteiger partial charge in [-0.15, -0.1) is 5.10 Å². The summed E-state index contributed by atoms with van der Waals surface area (Å²) in [5, 5.41) is 13.9. The Morgan fingerprint density at radius 2 is 2.24 bits per heavy atom. The van der Waals surface area contributed by atoms with Gasteiger partial charge in [0, 0.05) is 37.3 Å². The highest BCUT2D eigenvalue weighted by atomic mass is 19.1. The molecule has 1 fully saturated rings. The minimum Gasteiger partial charge on any atom is -0.371 e. The minimum absolute atomic E-state index is 0.138. The molecule has 3 heterocycles. The molecule has 0 spiro atoms. The van der Waals surface area contributed by atoms with E-state index in [1.807, 2.05) is 12.1 Å². The number of hydrogen-bond donors (Lipinski definition) is 1. The van der Waals surface area contributed by atoms with E-state index in [1.54, 1.807) is 31.3 Å². The number of halogens is 1. The molecule has 1 saturated heterocycles. The van der Waals surface area contributed by atoms with Crippen molar-refractivity contribution in [2.75, 3.05) is 19.0 Å². The zero-order chi connectivity index (χ0) is 20.4. The SMILES string of the molecule is Cc1nnnn1-c1cc(NC(=O)N(C)[C@H]2CCO[C@@H]2c2cccnc2)ccc1F. The highest BCUT2D eigenvalue weighted by molar-refractivity contribution is 5.89. The number of pyridine rings is 1. The number of tetrazole rings is 1. The van der Waals surface area contributed by atoms with Crippen LogP contribution in [0.15, 0.2) is 42.7 Å². The lowest BCUT2D eigenvalue weighted by Crippen LogP contribution is -2.41. The standard InChI is InChI=1S/C19H20FN7O2/c1-12-23-24-25-27(12)17-10-14(5-6-15(17)20)22-19(28)26(2)16-7-9-29-18(16)13-4-3-8-21-11-13/h3-6,8,10-11,16,18H,7,9H2,1-2H3,(H,22,28)/t16-,18+/m0/s1. The average molecular weight is 397 g/mol. The second kappa shape index (κ2) is 7.92. The zero-order valence-electron chi connectivity index (χ0n) is 16.0. The first kappa shape index (κ1) is 18.9. The second-order valence-electron chi connectivity index (χ2n) is 6.78. The van der Waals surface area contributed by atoms with E-state index in [2.05, 4.69) is 25.8 Å². The van der Waals surface area contributed by atoms with Crippen molar-refractivity contribution in [1.82, 2.24) is 30.1 Å². The normalized spacial score (nSPS) is 18.6. The van der Waals surface area contributed by atoms with Gasteiger partial charge in [0.25, 0.3) is 0 Å². The van der Waals surface area contributed by atoms with E-state index in [0.717, 1.165) is 5.56 Å². The highest BCUT2D eigenvalue weighted by Crippen LogP contribution is 2.32. The average Bonchev–Trinajstić information content (AvgIpc) is 3.38. The Balaban J connectivity index is 1.51. The van der Waals surface area contributed by atoms with Crippen molar-refractivity contribution in [3.05, 3.63) is 59.9 Å². The van der Waals surface area contributed by atoms with Crippen molar-refractivity contribution in [2.24, 2.45) is 0 Å². The molecule has 0 aliphatic carbocycles. The summed E-state index contributed by atoms with van der Waals surface area (Å²) in [6.07, 6.45) is 3.91. The van der Waals surface area contributed by atoms with Crippen LogP contribution in [0.4, 0.5) is 14.9 Å². The van der Waals surface area contributed by atoms with Crippen molar-refractivity contribution >= 4 is 11.7 Å². The van der Waals surface area contributed by atoms with Crippen LogP contribution in [0, 0.1) is 12.7 Å². The predicted molar refractivity (Wildman–Crippen MR) is 102 cm³/mol. The number of hydrogen-bond acceptors (Lipinski definition) is 6. The quantitative estimate of drug-likeness (QED) is 0.726. The number of benzene rings is 1. The largest absolute Gasteiger partial charge is 0.371 e. The Morgan fingerprint density at radius 3 is 2.97 bits per heavy atom. The molecule has 1 N–H and O–H groups in total. The fraction of sp³-hybridized carbons (Fsp3) is 0.316. The Labute approximate surface area is 166 Å². The van der Waals surface area contributed by atoms with E-state index in [9.17, 15) is 9.18 Å². The third-order valence-electron chi connectivity index (χ3n) is 4.94. The molecule has 0 radical (unpaired) electrons. The van der Waals surface area contributed by atoms with Crippen molar-refractivity contribution < 1.29 is 13.9 Å². The number of anilines is 1. The third-order valence-corrected chi connectivity index (χ3v) is 4.94. The third kappa shape index (κ3) is 3.79. The fourth-order valence-corrected chi connectivity index (χ4v) is 3.41. The number of aromatic nitrogens is 5. The molecule has 0 bridgehead atoms. The molecular formula is C19H20FN7O2. The first-order chi connectivity index (χ1) is 14.0. The van der Waals surface area contributed by atoms with Crippen molar-refractivity contribution in [3.63, 3.8) is 0 Å². The van der Waals surface area contributed by atoms with Crippen LogP contribution in [-0.4, -0.2) is 55.8 Å². The van der Waals surface area contributed by atoms with E-state index in [1.165, 1.54) is 22.9 Å². The predicted octanol–water partition coefficient (Wildman–Crippen LogP) is 2.50. The lowest BCUT2D eigenvalue weighted by molar-refractivity contribution is 0.0788. The first-order valence-corrected chi connectivity index (χ1v) is 9.15. The summed E-state index contributed by atoms with van der Waals surface area (Å²) in [4.78, 5) is 18.6. The fourth-order valence-electron chi connectivity index (χ4n) is 3.41. The first-order valence-electron chi connectivity index (χ1n) is 9.15. The number of nitrogens with one attached hydrogen (secondary N) is 1. The smallest absolute Gasteiger partial charge is 0.321 e. The minimum atomic E-state index is -0.493. The number of rotatable bonds is 4. The summed E-state index contributed by atoms with van der Waals surface area (Å²) in [5.74, 6) is -0.0560. The van der Waals surface area contributed by atoms with E-state index in [4.69, 9.17) is 4.74 Å². The van der Waals surface area contributed by atoms with Crippen LogP contribution in [0.25, 0.3) is 5.69 Å². The molecule has 1 aromatic carbocycles. The van der Waals surface area contributed by atoms with Gasteiger partial charge in [-0.3, -0.25) is 4.98 Å². The molecule has 2 atom stereocenters. The van der Waals surface area contributed by atoms with Gasteiger partial charge in [0.2, 0.25) is 0 Å². The van der Waals surface area contributed by atoms with Crippen LogP contribution in [-0.2, 0) is 4.74 Å². The van der Waals surface area contributed by atoms with Gasteiger partial charge in [0.15, 0.2) is 5.82 Å². The number of likely N-dealkylation sites (N-methyl/N-ethyl adjacent to an activating group) is 1. The van der Waals surface area contributed by atoms with Crippen molar-refractivity contribution in [1.29, 1.82) is 0 Å². The van der Waals surface area contributed by atoms with Gasteiger partial charge in [-0.05, 0) is 48.0 Å². The summed E-state index contributed by atoms with van der Waals surface area (Å²) in [5.41, 5.74) is 1.52. The number of urea groups is 1. The number of carbonyl (C=O) groups excluding carboxylic acids is 1. The highest BCUT2D eigenvalue weighted by Gasteiger charge is 2.35. The lowest BCUT2D eigenvalue weighted by atomic mass is 10.0. The van der Waals surface area contributed by atoms with Crippen LogP contribution < -0.4 is 5.32 Å². The number of amides is 2. The zero-order valence-corrected chi connectivity index (χ0v) is 16.0. The summed E-state index contributed by atoms with van der Waals surface area (Å²) < 4.78 is 21.3. The van der Waals surface area contributed by atoms with E-state index in [0.29, 0.717) is 24.5 Å². The Kier molecular flexibility index (Phi) is 5.17. The van der Waals surface area contributed by atoms with Crippen molar-refractivity contribution in [2.45, 2.75) is 25.5 Å². The van der Waals surface area contributed by atoms with Gasteiger partial charge in [0.1, 0.15) is 17.6 Å². The van der Waals surface area contributed by atoms with Gasteiger partial charge < -0.3 is 15.0 Å². The van der Waals surface area contributed by atoms with Gasteiger partial charge in [-0.2, -0.15) is 4.68 Å².